The van der Waals surface area contributed by atoms with Crippen molar-refractivity contribution in [2.75, 3.05) is 11.4 Å². The summed E-state index contributed by atoms with van der Waals surface area (Å²) >= 11 is 0. The molecule has 0 aromatic heterocycles. The number of allylic oxidation sites excluding steroid dienone is 3. The Morgan fingerprint density at radius 1 is 0.867 bits per heavy atom. The fraction of sp³-hybridized carbons (Fsp3) is 0.172. The zero-order chi connectivity index (χ0) is 21.3. The zero-order valence-corrected chi connectivity index (χ0v) is 18.2. The van der Waals surface area contributed by atoms with E-state index in [-0.39, 0.29) is 5.41 Å². The van der Waals surface area contributed by atoms with Crippen LogP contribution in [0.5, 0.6) is 0 Å². The van der Waals surface area contributed by atoms with Crippen molar-refractivity contribution in [1.29, 1.82) is 0 Å². The maximum Gasteiger partial charge on any atom is 0.0411 e. The van der Waals surface area contributed by atoms with Crippen LogP contribution in [0.3, 0.4) is 0 Å². The Morgan fingerprint density at radius 2 is 1.53 bits per heavy atom. The van der Waals surface area contributed by atoms with E-state index in [1.54, 1.807) is 0 Å². The number of anilines is 1. The Bertz CT molecular complexity index is 1130. The summed E-state index contributed by atoms with van der Waals surface area (Å²) in [6.07, 6.45) is 5.77. The first-order valence-electron chi connectivity index (χ1n) is 10.5. The van der Waals surface area contributed by atoms with Gasteiger partial charge in [0.1, 0.15) is 0 Å². The van der Waals surface area contributed by atoms with Gasteiger partial charge in [-0.05, 0) is 64.6 Å². The van der Waals surface area contributed by atoms with Crippen LogP contribution in [0.25, 0.3) is 22.3 Å². The molecule has 1 heteroatoms. The molecule has 0 amide bonds. The Kier molecular flexibility index (Phi) is 5.22. The van der Waals surface area contributed by atoms with Gasteiger partial charge in [0.05, 0.1) is 0 Å². The Hall–Kier alpha value is -3.32. The highest BCUT2D eigenvalue weighted by atomic mass is 15.1. The van der Waals surface area contributed by atoms with Crippen LogP contribution in [0, 0.1) is 0 Å². The van der Waals surface area contributed by atoms with E-state index in [2.05, 4.69) is 106 Å². The molecule has 0 heterocycles. The zero-order valence-electron chi connectivity index (χ0n) is 18.2. The average molecular weight is 392 g/mol. The van der Waals surface area contributed by atoms with Gasteiger partial charge >= 0.3 is 0 Å². The molecule has 1 nitrogen and oxygen atoms in total. The lowest BCUT2D eigenvalue weighted by atomic mass is 9.81. The summed E-state index contributed by atoms with van der Waals surface area (Å²) in [4.78, 5) is 2.24. The van der Waals surface area contributed by atoms with Crippen LogP contribution in [0.2, 0.25) is 0 Å². The molecule has 3 aromatic carbocycles. The van der Waals surface area contributed by atoms with Gasteiger partial charge < -0.3 is 4.90 Å². The molecule has 0 unspecified atom stereocenters. The molecular weight excluding hydrogens is 362 g/mol. The monoisotopic (exact) mass is 391 g/mol. The van der Waals surface area contributed by atoms with E-state index >= 15 is 0 Å². The van der Waals surface area contributed by atoms with Gasteiger partial charge in [-0.15, -0.1) is 6.58 Å². The van der Waals surface area contributed by atoms with Gasteiger partial charge in [0, 0.05) is 23.3 Å². The van der Waals surface area contributed by atoms with Crippen LogP contribution in [0.4, 0.5) is 5.69 Å². The van der Waals surface area contributed by atoms with E-state index in [1.807, 2.05) is 18.2 Å². The second-order valence-electron chi connectivity index (χ2n) is 8.42. The maximum atomic E-state index is 3.90. The predicted molar refractivity (Wildman–Crippen MR) is 131 cm³/mol. The van der Waals surface area contributed by atoms with Crippen LogP contribution in [0.1, 0.15) is 31.9 Å². The minimum Gasteiger partial charge on any atom is -0.342 e. The van der Waals surface area contributed by atoms with E-state index in [1.165, 1.54) is 33.4 Å². The SMILES string of the molecule is C=C/C=C(\C)N(CC=C)c1ccc(-c2ccc3c(c2)C(C)(C)c2ccccc2-3)cc1. The second-order valence-corrected chi connectivity index (χ2v) is 8.42. The largest absolute Gasteiger partial charge is 0.342 e. The van der Waals surface area contributed by atoms with E-state index in [0.717, 1.165) is 17.9 Å². The first-order valence-corrected chi connectivity index (χ1v) is 10.5. The van der Waals surface area contributed by atoms with Crippen LogP contribution in [-0.4, -0.2) is 6.54 Å². The van der Waals surface area contributed by atoms with E-state index in [9.17, 15) is 0 Å². The third-order valence-electron chi connectivity index (χ3n) is 6.19. The highest BCUT2D eigenvalue weighted by Gasteiger charge is 2.35. The van der Waals surface area contributed by atoms with Gasteiger partial charge in [0.25, 0.3) is 0 Å². The molecular formula is C29H29N. The number of fused-ring (bicyclic) bond motifs is 3. The minimum atomic E-state index is 0.0230. The lowest BCUT2D eigenvalue weighted by molar-refractivity contribution is 0.660. The molecule has 0 saturated heterocycles. The molecule has 3 aromatic rings. The van der Waals surface area contributed by atoms with Crippen LogP contribution in [0.15, 0.2) is 104 Å². The molecule has 1 aliphatic carbocycles. The molecule has 150 valence electrons. The molecule has 0 bridgehead atoms. The number of rotatable bonds is 6. The third kappa shape index (κ3) is 3.31. The first kappa shape index (κ1) is 20.0. The first-order chi connectivity index (χ1) is 14.5. The summed E-state index contributed by atoms with van der Waals surface area (Å²) in [6, 6.07) is 24.5. The van der Waals surface area contributed by atoms with Gasteiger partial charge in [-0.2, -0.15) is 0 Å². The Balaban J connectivity index is 1.70. The van der Waals surface area contributed by atoms with Crippen molar-refractivity contribution >= 4 is 5.69 Å². The normalized spacial score (nSPS) is 14.0. The fourth-order valence-electron chi connectivity index (χ4n) is 4.56. The van der Waals surface area contributed by atoms with Gasteiger partial charge in [0.2, 0.25) is 0 Å². The molecule has 0 atom stereocenters. The van der Waals surface area contributed by atoms with Crippen molar-refractivity contribution in [3.05, 3.63) is 115 Å². The second kappa shape index (κ2) is 7.84. The smallest absolute Gasteiger partial charge is 0.0411 e. The lowest BCUT2D eigenvalue weighted by Gasteiger charge is -2.24. The highest BCUT2D eigenvalue weighted by molar-refractivity contribution is 5.83. The topological polar surface area (TPSA) is 3.24 Å². The molecule has 0 N–H and O–H groups in total. The summed E-state index contributed by atoms with van der Waals surface area (Å²) in [5, 5.41) is 0. The predicted octanol–water partition coefficient (Wildman–Crippen LogP) is 7.74. The summed E-state index contributed by atoms with van der Waals surface area (Å²) in [5.41, 5.74) is 10.4. The van der Waals surface area contributed by atoms with E-state index in [4.69, 9.17) is 0 Å². The molecule has 0 radical (unpaired) electrons. The van der Waals surface area contributed by atoms with Crippen molar-refractivity contribution in [3.63, 3.8) is 0 Å². The van der Waals surface area contributed by atoms with Crippen molar-refractivity contribution in [2.45, 2.75) is 26.2 Å². The summed E-state index contributed by atoms with van der Waals surface area (Å²) in [5.74, 6) is 0. The van der Waals surface area contributed by atoms with Crippen LogP contribution in [-0.2, 0) is 5.41 Å². The lowest BCUT2D eigenvalue weighted by Crippen LogP contribution is -2.20. The number of nitrogens with zero attached hydrogens (tertiary/aromatic N) is 1. The molecule has 1 aliphatic rings. The highest BCUT2D eigenvalue weighted by Crippen LogP contribution is 2.49. The fourth-order valence-corrected chi connectivity index (χ4v) is 4.56. The van der Waals surface area contributed by atoms with E-state index < -0.39 is 0 Å². The average Bonchev–Trinajstić information content (AvgIpc) is 2.99. The number of hydrogen-bond acceptors (Lipinski definition) is 1. The van der Waals surface area contributed by atoms with Crippen molar-refractivity contribution in [2.24, 2.45) is 0 Å². The van der Waals surface area contributed by atoms with Crippen LogP contribution < -0.4 is 4.90 Å². The summed E-state index contributed by atoms with van der Waals surface area (Å²) in [7, 11) is 0. The summed E-state index contributed by atoms with van der Waals surface area (Å²) < 4.78 is 0. The van der Waals surface area contributed by atoms with Crippen molar-refractivity contribution < 1.29 is 0 Å². The maximum absolute atomic E-state index is 3.90. The van der Waals surface area contributed by atoms with Gasteiger partial charge in [-0.25, -0.2) is 0 Å². The molecule has 4 rings (SSSR count). The summed E-state index contributed by atoms with van der Waals surface area (Å²) in [6.45, 7) is 15.2. The Morgan fingerprint density at radius 3 is 2.23 bits per heavy atom. The molecule has 0 fully saturated rings. The van der Waals surface area contributed by atoms with E-state index in [0.29, 0.717) is 0 Å². The number of benzene rings is 3. The third-order valence-corrected chi connectivity index (χ3v) is 6.19. The molecule has 0 spiro atoms. The molecule has 0 aliphatic heterocycles. The van der Waals surface area contributed by atoms with Crippen molar-refractivity contribution in [1.82, 2.24) is 0 Å². The molecule has 0 saturated carbocycles. The minimum absolute atomic E-state index is 0.0230. The van der Waals surface area contributed by atoms with Gasteiger partial charge in [-0.1, -0.05) is 81.1 Å². The number of hydrogen-bond donors (Lipinski definition) is 0. The van der Waals surface area contributed by atoms with Crippen molar-refractivity contribution in [3.8, 4) is 22.3 Å². The standard InChI is InChI=1S/C29H29N/c1-6-10-21(3)30(19-7-2)24-16-13-22(14-17-24)23-15-18-26-25-11-8-9-12-27(25)29(4,5)28(26)20-23/h6-18,20H,1-2,19H2,3-5H3/b21-10+. The van der Waals surface area contributed by atoms with Gasteiger partial charge in [-0.3, -0.25) is 0 Å². The quantitative estimate of drug-likeness (QED) is 0.307. The Labute approximate surface area is 180 Å². The van der Waals surface area contributed by atoms with Gasteiger partial charge in [0.15, 0.2) is 0 Å². The van der Waals surface area contributed by atoms with Crippen LogP contribution >= 0.6 is 0 Å². The molecule has 30 heavy (non-hydrogen) atoms.